The van der Waals surface area contributed by atoms with E-state index in [0.717, 1.165) is 10.5 Å². The molecular weight excluding hydrogens is 344 g/mol. The zero-order valence-electron chi connectivity index (χ0n) is 13.4. The van der Waals surface area contributed by atoms with Crippen LogP contribution >= 0.6 is 11.6 Å². The SMILES string of the molecule is O=C(CCN1C(=O)CCC1=O)Nc1ccnn1Cc1cccc(Cl)c1. The van der Waals surface area contributed by atoms with Gasteiger partial charge in [-0.2, -0.15) is 5.10 Å². The quantitative estimate of drug-likeness (QED) is 0.799. The standard InChI is InChI=1S/C17H17ClN4O3/c18-13-3-1-2-12(10-13)11-22-14(6-8-19-22)20-15(23)7-9-21-16(24)4-5-17(21)25/h1-3,6,8,10H,4-5,7,9,11H2,(H,20,23). The minimum Gasteiger partial charge on any atom is -0.311 e. The van der Waals surface area contributed by atoms with Crippen LogP contribution in [0.1, 0.15) is 24.8 Å². The van der Waals surface area contributed by atoms with Gasteiger partial charge in [0.1, 0.15) is 5.82 Å². The molecule has 130 valence electrons. The van der Waals surface area contributed by atoms with Crippen molar-refractivity contribution in [2.75, 3.05) is 11.9 Å². The molecule has 1 N–H and O–H groups in total. The molecule has 25 heavy (non-hydrogen) atoms. The Morgan fingerprint density at radius 1 is 1.20 bits per heavy atom. The Morgan fingerprint density at radius 3 is 2.68 bits per heavy atom. The van der Waals surface area contributed by atoms with Crippen LogP contribution in [0.2, 0.25) is 5.02 Å². The third-order valence-electron chi connectivity index (χ3n) is 3.92. The second kappa shape index (κ2) is 7.48. The number of hydrogen-bond donors (Lipinski definition) is 1. The average molecular weight is 361 g/mol. The number of imide groups is 1. The lowest BCUT2D eigenvalue weighted by atomic mass is 10.2. The molecule has 0 saturated carbocycles. The normalized spacial score (nSPS) is 14.2. The van der Waals surface area contributed by atoms with Crippen molar-refractivity contribution in [1.29, 1.82) is 0 Å². The molecule has 0 spiro atoms. The summed E-state index contributed by atoms with van der Waals surface area (Å²) >= 11 is 5.98. The van der Waals surface area contributed by atoms with Gasteiger partial charge in [-0.15, -0.1) is 0 Å². The molecule has 1 fully saturated rings. The van der Waals surface area contributed by atoms with Crippen molar-refractivity contribution in [1.82, 2.24) is 14.7 Å². The van der Waals surface area contributed by atoms with Crippen molar-refractivity contribution in [3.63, 3.8) is 0 Å². The number of aromatic nitrogens is 2. The monoisotopic (exact) mass is 360 g/mol. The number of nitrogens with one attached hydrogen (secondary N) is 1. The number of carbonyl (C=O) groups excluding carboxylic acids is 3. The van der Waals surface area contributed by atoms with Crippen LogP contribution in [-0.4, -0.2) is 38.9 Å². The van der Waals surface area contributed by atoms with Gasteiger partial charge in [0.15, 0.2) is 0 Å². The summed E-state index contributed by atoms with van der Waals surface area (Å²) in [5, 5.41) is 7.59. The number of nitrogens with zero attached hydrogens (tertiary/aromatic N) is 3. The Labute approximate surface area is 149 Å². The number of hydrogen-bond acceptors (Lipinski definition) is 4. The summed E-state index contributed by atoms with van der Waals surface area (Å²) in [5.74, 6) is -0.169. The Balaban J connectivity index is 1.58. The van der Waals surface area contributed by atoms with Crippen molar-refractivity contribution >= 4 is 35.1 Å². The van der Waals surface area contributed by atoms with Gasteiger partial charge < -0.3 is 5.32 Å². The first-order valence-corrected chi connectivity index (χ1v) is 8.30. The maximum Gasteiger partial charge on any atom is 0.229 e. The summed E-state index contributed by atoms with van der Waals surface area (Å²) in [6.45, 7) is 0.568. The highest BCUT2D eigenvalue weighted by molar-refractivity contribution is 6.30. The highest BCUT2D eigenvalue weighted by Crippen LogP contribution is 2.15. The number of carbonyl (C=O) groups is 3. The third kappa shape index (κ3) is 4.24. The molecule has 2 heterocycles. The lowest BCUT2D eigenvalue weighted by molar-refractivity contribution is -0.138. The van der Waals surface area contributed by atoms with Crippen LogP contribution in [0.3, 0.4) is 0 Å². The lowest BCUT2D eigenvalue weighted by Gasteiger charge is -2.14. The highest BCUT2D eigenvalue weighted by Gasteiger charge is 2.28. The van der Waals surface area contributed by atoms with Crippen LogP contribution in [0, 0.1) is 0 Å². The van der Waals surface area contributed by atoms with E-state index in [1.54, 1.807) is 23.0 Å². The van der Waals surface area contributed by atoms with Crippen LogP contribution in [-0.2, 0) is 20.9 Å². The van der Waals surface area contributed by atoms with Gasteiger partial charge in [-0.1, -0.05) is 23.7 Å². The number of amides is 3. The molecule has 0 bridgehead atoms. The molecule has 1 saturated heterocycles. The second-order valence-corrected chi connectivity index (χ2v) is 6.18. The summed E-state index contributed by atoms with van der Waals surface area (Å²) in [4.78, 5) is 36.4. The first-order chi connectivity index (χ1) is 12.0. The van der Waals surface area contributed by atoms with Crippen LogP contribution < -0.4 is 5.32 Å². The summed E-state index contributed by atoms with van der Waals surface area (Å²) in [6, 6.07) is 9.08. The van der Waals surface area contributed by atoms with E-state index < -0.39 is 0 Å². The molecular formula is C17H17ClN4O3. The summed E-state index contributed by atoms with van der Waals surface area (Å²) in [6.07, 6.45) is 2.10. The van der Waals surface area contributed by atoms with Crippen LogP contribution in [0.15, 0.2) is 36.5 Å². The number of benzene rings is 1. The second-order valence-electron chi connectivity index (χ2n) is 5.74. The Bertz CT molecular complexity index is 802. The first kappa shape index (κ1) is 17.2. The van der Waals surface area contributed by atoms with E-state index in [9.17, 15) is 14.4 Å². The van der Waals surface area contributed by atoms with Gasteiger partial charge in [-0.25, -0.2) is 4.68 Å². The van der Waals surface area contributed by atoms with E-state index in [0.29, 0.717) is 17.4 Å². The van der Waals surface area contributed by atoms with Crippen molar-refractivity contribution < 1.29 is 14.4 Å². The van der Waals surface area contributed by atoms with Crippen LogP contribution in [0.25, 0.3) is 0 Å². The molecule has 1 aliphatic heterocycles. The van der Waals surface area contributed by atoms with E-state index in [1.807, 2.05) is 18.2 Å². The van der Waals surface area contributed by atoms with Gasteiger partial charge in [0.05, 0.1) is 12.7 Å². The maximum absolute atomic E-state index is 12.1. The Morgan fingerprint density at radius 2 is 1.96 bits per heavy atom. The smallest absolute Gasteiger partial charge is 0.229 e. The van der Waals surface area contributed by atoms with Gasteiger partial charge >= 0.3 is 0 Å². The lowest BCUT2D eigenvalue weighted by Crippen LogP contribution is -2.32. The minimum atomic E-state index is -0.277. The van der Waals surface area contributed by atoms with Gasteiger partial charge in [-0.05, 0) is 17.7 Å². The van der Waals surface area contributed by atoms with E-state index in [4.69, 9.17) is 11.6 Å². The molecule has 0 radical (unpaired) electrons. The molecule has 0 atom stereocenters. The molecule has 2 aromatic rings. The Kier molecular flexibility index (Phi) is 5.14. The predicted molar refractivity (Wildman–Crippen MR) is 92.0 cm³/mol. The first-order valence-electron chi connectivity index (χ1n) is 7.92. The largest absolute Gasteiger partial charge is 0.311 e. The summed E-state index contributed by atoms with van der Waals surface area (Å²) in [5.41, 5.74) is 0.958. The highest BCUT2D eigenvalue weighted by atomic mass is 35.5. The van der Waals surface area contributed by atoms with Crippen molar-refractivity contribution in [3.05, 3.63) is 47.1 Å². The molecule has 0 aliphatic carbocycles. The Hall–Kier alpha value is -2.67. The van der Waals surface area contributed by atoms with Crippen molar-refractivity contribution in [3.8, 4) is 0 Å². The number of rotatable bonds is 6. The summed E-state index contributed by atoms with van der Waals surface area (Å²) in [7, 11) is 0. The number of likely N-dealkylation sites (tertiary alicyclic amines) is 1. The molecule has 7 nitrogen and oxygen atoms in total. The minimum absolute atomic E-state index is 0.0554. The van der Waals surface area contributed by atoms with E-state index in [2.05, 4.69) is 10.4 Å². The van der Waals surface area contributed by atoms with Crippen molar-refractivity contribution in [2.24, 2.45) is 0 Å². The van der Waals surface area contributed by atoms with Gasteiger partial charge in [0.2, 0.25) is 17.7 Å². The van der Waals surface area contributed by atoms with E-state index >= 15 is 0 Å². The molecule has 1 aromatic heterocycles. The molecule has 3 amide bonds. The number of halogens is 1. The molecule has 1 aromatic carbocycles. The molecule has 1 aliphatic rings. The summed E-state index contributed by atoms with van der Waals surface area (Å²) < 4.78 is 1.65. The van der Waals surface area contributed by atoms with Gasteiger partial charge in [0, 0.05) is 36.9 Å². The molecule has 0 unspecified atom stereocenters. The predicted octanol–water partition coefficient (Wildman–Crippen LogP) is 2.06. The molecule has 8 heteroatoms. The fourth-order valence-electron chi connectivity index (χ4n) is 2.66. The zero-order chi connectivity index (χ0) is 17.8. The zero-order valence-corrected chi connectivity index (χ0v) is 14.2. The number of anilines is 1. The average Bonchev–Trinajstić information content (AvgIpc) is 3.13. The fourth-order valence-corrected chi connectivity index (χ4v) is 2.88. The third-order valence-corrected chi connectivity index (χ3v) is 4.16. The van der Waals surface area contributed by atoms with Gasteiger partial charge in [0.25, 0.3) is 0 Å². The van der Waals surface area contributed by atoms with Gasteiger partial charge in [-0.3, -0.25) is 19.3 Å². The topological polar surface area (TPSA) is 84.3 Å². The molecule has 3 rings (SSSR count). The van der Waals surface area contributed by atoms with E-state index in [-0.39, 0.29) is 43.5 Å². The van der Waals surface area contributed by atoms with E-state index in [1.165, 1.54) is 0 Å². The fraction of sp³-hybridized carbons (Fsp3) is 0.294. The van der Waals surface area contributed by atoms with Crippen LogP contribution in [0.5, 0.6) is 0 Å². The van der Waals surface area contributed by atoms with Crippen LogP contribution in [0.4, 0.5) is 5.82 Å². The maximum atomic E-state index is 12.1. The van der Waals surface area contributed by atoms with Crippen molar-refractivity contribution in [2.45, 2.75) is 25.8 Å².